The maximum absolute atomic E-state index is 11.5. The van der Waals surface area contributed by atoms with E-state index in [1.807, 2.05) is 0 Å². The van der Waals surface area contributed by atoms with Crippen molar-refractivity contribution in [3.8, 4) is 17.2 Å². The van der Waals surface area contributed by atoms with Crippen molar-refractivity contribution in [3.63, 3.8) is 0 Å². The highest BCUT2D eigenvalue weighted by Crippen LogP contribution is 2.25. The van der Waals surface area contributed by atoms with Gasteiger partial charge in [0.05, 0.1) is 0 Å². The third-order valence-corrected chi connectivity index (χ3v) is 3.14. The molecule has 5 heteroatoms. The smallest absolute Gasteiger partial charge is 0.412 e. The zero-order valence-electron chi connectivity index (χ0n) is 12.3. The minimum atomic E-state index is -0.445. The highest BCUT2D eigenvalue weighted by atomic mass is 35.5. The monoisotopic (exact) mass is 319 g/mol. The number of carbonyl (C=O) groups excluding carboxylic acids is 1. The van der Waals surface area contributed by atoms with Crippen molar-refractivity contribution < 1.29 is 14.3 Å². The molecule has 0 aliphatic carbocycles. The van der Waals surface area contributed by atoms with Crippen LogP contribution in [0.2, 0.25) is 5.02 Å². The van der Waals surface area contributed by atoms with Gasteiger partial charge in [0.15, 0.2) is 0 Å². The molecule has 2 aromatic carbocycles. The highest BCUT2D eigenvalue weighted by Gasteiger charge is 2.04. The van der Waals surface area contributed by atoms with E-state index < -0.39 is 6.09 Å². The molecule has 2 rings (SSSR count). The standard InChI is InChI=1S/C17H18ClNO3/c1-2-3-12-19-17(20)22-16-10-8-15(9-11-16)21-14-6-4-13(18)5-7-14/h4-11H,2-3,12H2,1H3,(H,19,20). The first-order chi connectivity index (χ1) is 10.7. The van der Waals surface area contributed by atoms with Gasteiger partial charge in [0.25, 0.3) is 0 Å². The minimum absolute atomic E-state index is 0.445. The van der Waals surface area contributed by atoms with E-state index >= 15 is 0 Å². The molecular weight excluding hydrogens is 302 g/mol. The molecule has 0 atom stereocenters. The van der Waals surface area contributed by atoms with E-state index in [2.05, 4.69) is 12.2 Å². The Kier molecular flexibility index (Phi) is 6.10. The topological polar surface area (TPSA) is 47.6 Å². The Balaban J connectivity index is 1.87. The fourth-order valence-corrected chi connectivity index (χ4v) is 1.85. The Bertz CT molecular complexity index is 596. The fraction of sp³-hybridized carbons (Fsp3) is 0.235. The van der Waals surface area contributed by atoms with E-state index in [0.717, 1.165) is 12.8 Å². The summed E-state index contributed by atoms with van der Waals surface area (Å²) < 4.78 is 10.8. The van der Waals surface area contributed by atoms with Crippen molar-refractivity contribution >= 4 is 17.7 Å². The zero-order valence-corrected chi connectivity index (χ0v) is 13.1. The van der Waals surface area contributed by atoms with Gasteiger partial charge in [-0.2, -0.15) is 0 Å². The fourth-order valence-electron chi connectivity index (χ4n) is 1.72. The lowest BCUT2D eigenvalue weighted by atomic mass is 10.3. The number of hydrogen-bond donors (Lipinski definition) is 1. The lowest BCUT2D eigenvalue weighted by Crippen LogP contribution is -2.27. The van der Waals surface area contributed by atoms with Crippen LogP contribution in [0.25, 0.3) is 0 Å². The molecule has 0 radical (unpaired) electrons. The number of ether oxygens (including phenoxy) is 2. The maximum Gasteiger partial charge on any atom is 0.412 e. The molecule has 0 fully saturated rings. The zero-order chi connectivity index (χ0) is 15.8. The summed E-state index contributed by atoms with van der Waals surface area (Å²) in [6.45, 7) is 2.68. The van der Waals surface area contributed by atoms with E-state index in [1.54, 1.807) is 48.5 Å². The molecule has 116 valence electrons. The average molecular weight is 320 g/mol. The number of halogens is 1. The van der Waals surface area contributed by atoms with E-state index in [1.165, 1.54) is 0 Å². The minimum Gasteiger partial charge on any atom is -0.457 e. The lowest BCUT2D eigenvalue weighted by Gasteiger charge is -2.08. The van der Waals surface area contributed by atoms with E-state index in [4.69, 9.17) is 21.1 Å². The molecule has 22 heavy (non-hydrogen) atoms. The molecule has 0 spiro atoms. The van der Waals surface area contributed by atoms with Crippen LogP contribution in [0, 0.1) is 0 Å². The predicted octanol–water partition coefficient (Wildman–Crippen LogP) is 5.02. The second kappa shape index (κ2) is 8.29. The van der Waals surface area contributed by atoms with Crippen molar-refractivity contribution in [2.24, 2.45) is 0 Å². The Morgan fingerprint density at radius 3 is 2.14 bits per heavy atom. The van der Waals surface area contributed by atoms with Gasteiger partial charge in [-0.05, 0) is 55.0 Å². The first kappa shape index (κ1) is 16.2. The molecule has 0 bridgehead atoms. The van der Waals surface area contributed by atoms with Crippen LogP contribution in [0.4, 0.5) is 4.79 Å². The number of amides is 1. The van der Waals surface area contributed by atoms with E-state index in [0.29, 0.717) is 28.8 Å². The quantitative estimate of drug-likeness (QED) is 0.760. The Hall–Kier alpha value is -2.20. The van der Waals surface area contributed by atoms with Gasteiger partial charge in [0.2, 0.25) is 0 Å². The van der Waals surface area contributed by atoms with Gasteiger partial charge in [-0.1, -0.05) is 24.9 Å². The molecule has 1 N–H and O–H groups in total. The number of benzene rings is 2. The number of rotatable bonds is 6. The lowest BCUT2D eigenvalue weighted by molar-refractivity contribution is 0.200. The third kappa shape index (κ3) is 5.30. The van der Waals surface area contributed by atoms with Gasteiger partial charge in [-0.3, -0.25) is 0 Å². The van der Waals surface area contributed by atoms with Crippen LogP contribution < -0.4 is 14.8 Å². The molecular formula is C17H18ClNO3. The number of unbranched alkanes of at least 4 members (excludes halogenated alkanes) is 1. The summed E-state index contributed by atoms with van der Waals surface area (Å²) in [6, 6.07) is 13.9. The summed E-state index contributed by atoms with van der Waals surface area (Å²) in [4.78, 5) is 11.5. The summed E-state index contributed by atoms with van der Waals surface area (Å²) in [7, 11) is 0. The Morgan fingerprint density at radius 2 is 1.55 bits per heavy atom. The predicted molar refractivity (Wildman–Crippen MR) is 86.9 cm³/mol. The second-order valence-electron chi connectivity index (χ2n) is 4.70. The Morgan fingerprint density at radius 1 is 1.00 bits per heavy atom. The van der Waals surface area contributed by atoms with Gasteiger partial charge in [-0.25, -0.2) is 4.79 Å². The van der Waals surface area contributed by atoms with Gasteiger partial charge in [0, 0.05) is 11.6 Å². The summed E-state index contributed by atoms with van der Waals surface area (Å²) in [6.07, 6.45) is 1.51. The molecule has 0 saturated heterocycles. The van der Waals surface area contributed by atoms with E-state index in [-0.39, 0.29) is 0 Å². The summed E-state index contributed by atoms with van der Waals surface area (Å²) in [5.41, 5.74) is 0. The van der Waals surface area contributed by atoms with Gasteiger partial charge >= 0.3 is 6.09 Å². The largest absolute Gasteiger partial charge is 0.457 e. The maximum atomic E-state index is 11.5. The number of nitrogens with one attached hydrogen (secondary N) is 1. The van der Waals surface area contributed by atoms with Crippen molar-refractivity contribution in [3.05, 3.63) is 53.6 Å². The number of carbonyl (C=O) groups is 1. The first-order valence-electron chi connectivity index (χ1n) is 7.16. The molecule has 2 aromatic rings. The molecule has 4 nitrogen and oxygen atoms in total. The highest BCUT2D eigenvalue weighted by molar-refractivity contribution is 6.30. The van der Waals surface area contributed by atoms with Crippen LogP contribution >= 0.6 is 11.6 Å². The van der Waals surface area contributed by atoms with Crippen molar-refractivity contribution in [1.82, 2.24) is 5.32 Å². The normalized spacial score (nSPS) is 10.1. The number of hydrogen-bond acceptors (Lipinski definition) is 3. The van der Waals surface area contributed by atoms with Crippen molar-refractivity contribution in [1.29, 1.82) is 0 Å². The van der Waals surface area contributed by atoms with E-state index in [9.17, 15) is 4.79 Å². The van der Waals surface area contributed by atoms with Crippen LogP contribution in [0.5, 0.6) is 17.2 Å². The van der Waals surface area contributed by atoms with Crippen molar-refractivity contribution in [2.75, 3.05) is 6.54 Å². The molecule has 0 saturated carbocycles. The first-order valence-corrected chi connectivity index (χ1v) is 7.54. The van der Waals surface area contributed by atoms with Crippen LogP contribution in [0.1, 0.15) is 19.8 Å². The van der Waals surface area contributed by atoms with Gasteiger partial charge in [0.1, 0.15) is 17.2 Å². The molecule has 0 aliphatic rings. The van der Waals surface area contributed by atoms with Crippen LogP contribution in [-0.4, -0.2) is 12.6 Å². The SMILES string of the molecule is CCCCNC(=O)Oc1ccc(Oc2ccc(Cl)cc2)cc1. The second-order valence-corrected chi connectivity index (χ2v) is 5.13. The van der Waals surface area contributed by atoms with Crippen LogP contribution in [0.3, 0.4) is 0 Å². The summed E-state index contributed by atoms with van der Waals surface area (Å²) >= 11 is 5.82. The van der Waals surface area contributed by atoms with Crippen LogP contribution in [0.15, 0.2) is 48.5 Å². The molecule has 0 aliphatic heterocycles. The summed E-state index contributed by atoms with van der Waals surface area (Å²) in [5.74, 6) is 1.81. The average Bonchev–Trinajstić information content (AvgIpc) is 2.52. The summed E-state index contributed by atoms with van der Waals surface area (Å²) in [5, 5.41) is 3.34. The molecule has 1 amide bonds. The molecule has 0 unspecified atom stereocenters. The van der Waals surface area contributed by atoms with Crippen molar-refractivity contribution in [2.45, 2.75) is 19.8 Å². The third-order valence-electron chi connectivity index (χ3n) is 2.88. The Labute approximate surface area is 135 Å². The molecule has 0 heterocycles. The van der Waals surface area contributed by atoms with Crippen LogP contribution in [-0.2, 0) is 0 Å². The molecule has 0 aromatic heterocycles. The van der Waals surface area contributed by atoms with Gasteiger partial charge < -0.3 is 14.8 Å². The van der Waals surface area contributed by atoms with Gasteiger partial charge in [-0.15, -0.1) is 0 Å².